The van der Waals surface area contributed by atoms with Crippen LogP contribution in [0.25, 0.3) is 5.69 Å². The molecule has 1 aromatic heterocycles. The van der Waals surface area contributed by atoms with Crippen LogP contribution in [-0.2, 0) is 4.74 Å². The number of aromatic nitrogens is 2. The summed E-state index contributed by atoms with van der Waals surface area (Å²) in [4.78, 5) is 0. The molecule has 0 aliphatic heterocycles. The summed E-state index contributed by atoms with van der Waals surface area (Å²) in [5.74, 6) is 0. The predicted molar refractivity (Wildman–Crippen MR) is 84.8 cm³/mol. The van der Waals surface area contributed by atoms with Crippen molar-refractivity contribution in [3.8, 4) is 5.69 Å². The third kappa shape index (κ3) is 2.68. The first kappa shape index (κ1) is 14.1. The van der Waals surface area contributed by atoms with Crippen LogP contribution < -0.4 is 5.32 Å². The molecular formula is C17H23N3O. The van der Waals surface area contributed by atoms with E-state index in [1.807, 2.05) is 16.9 Å². The van der Waals surface area contributed by atoms with Gasteiger partial charge in [-0.2, -0.15) is 5.10 Å². The number of hydrogen-bond donors (Lipinski definition) is 1. The van der Waals surface area contributed by atoms with E-state index in [-0.39, 0.29) is 5.41 Å². The molecule has 1 aromatic carbocycles. The number of hydrogen-bond acceptors (Lipinski definition) is 3. The Morgan fingerprint density at radius 1 is 1.33 bits per heavy atom. The zero-order valence-electron chi connectivity index (χ0n) is 12.9. The van der Waals surface area contributed by atoms with E-state index in [0.29, 0.717) is 12.1 Å². The van der Waals surface area contributed by atoms with Crippen LogP contribution in [0.2, 0.25) is 0 Å². The Morgan fingerprint density at radius 2 is 2.10 bits per heavy atom. The maximum atomic E-state index is 5.78. The zero-order chi connectivity index (χ0) is 14.9. The fourth-order valence-corrected chi connectivity index (χ4v) is 2.95. The maximum absolute atomic E-state index is 5.78. The van der Waals surface area contributed by atoms with Gasteiger partial charge in [0, 0.05) is 36.1 Å². The van der Waals surface area contributed by atoms with Crippen LogP contribution >= 0.6 is 0 Å². The lowest BCUT2D eigenvalue weighted by molar-refractivity contribution is -0.0975. The summed E-state index contributed by atoms with van der Waals surface area (Å²) >= 11 is 0. The maximum Gasteiger partial charge on any atom is 0.0665 e. The Labute approximate surface area is 126 Å². The van der Waals surface area contributed by atoms with Gasteiger partial charge in [0.05, 0.1) is 11.8 Å². The van der Waals surface area contributed by atoms with Crippen molar-refractivity contribution in [1.82, 2.24) is 9.78 Å². The summed E-state index contributed by atoms with van der Waals surface area (Å²) in [7, 11) is 0. The van der Waals surface area contributed by atoms with Gasteiger partial charge < -0.3 is 10.1 Å². The fraction of sp³-hybridized carbons (Fsp3) is 0.471. The Morgan fingerprint density at radius 3 is 2.67 bits per heavy atom. The highest BCUT2D eigenvalue weighted by Gasteiger charge is 2.48. The molecule has 2 unspecified atom stereocenters. The minimum atomic E-state index is 0.177. The largest absolute Gasteiger partial charge is 0.382 e. The Hall–Kier alpha value is -1.81. The van der Waals surface area contributed by atoms with Gasteiger partial charge >= 0.3 is 0 Å². The van der Waals surface area contributed by atoms with Crippen LogP contribution in [-0.4, -0.2) is 28.5 Å². The van der Waals surface area contributed by atoms with Crippen LogP contribution in [0.4, 0.5) is 5.69 Å². The molecule has 2 aromatic rings. The number of nitrogens with zero attached hydrogens (tertiary/aromatic N) is 2. The second kappa shape index (κ2) is 5.53. The predicted octanol–water partition coefficient (Wildman–Crippen LogP) is 3.49. The Balaban J connectivity index is 1.64. The number of rotatable bonds is 5. The van der Waals surface area contributed by atoms with Crippen molar-refractivity contribution in [2.24, 2.45) is 5.41 Å². The second-order valence-corrected chi connectivity index (χ2v) is 6.20. The molecule has 1 aliphatic carbocycles. The Bertz CT molecular complexity index is 575. The van der Waals surface area contributed by atoms with E-state index in [2.05, 4.69) is 55.5 Å². The van der Waals surface area contributed by atoms with Crippen LogP contribution in [0, 0.1) is 5.41 Å². The number of ether oxygens (including phenoxy) is 1. The fourth-order valence-electron chi connectivity index (χ4n) is 2.95. The lowest BCUT2D eigenvalue weighted by Crippen LogP contribution is -2.58. The topological polar surface area (TPSA) is 39.1 Å². The molecule has 4 nitrogen and oxygen atoms in total. The third-order valence-electron chi connectivity index (χ3n) is 4.52. The molecule has 0 saturated heterocycles. The van der Waals surface area contributed by atoms with Crippen molar-refractivity contribution in [2.45, 2.75) is 39.3 Å². The normalized spacial score (nSPS) is 23.6. The minimum Gasteiger partial charge on any atom is -0.382 e. The molecule has 1 heterocycles. The summed E-state index contributed by atoms with van der Waals surface area (Å²) in [6.45, 7) is 7.39. The van der Waals surface area contributed by atoms with Gasteiger partial charge in [-0.25, -0.2) is 4.68 Å². The van der Waals surface area contributed by atoms with Gasteiger partial charge in [0.1, 0.15) is 0 Å². The van der Waals surface area contributed by atoms with Gasteiger partial charge in [-0.1, -0.05) is 13.8 Å². The van der Waals surface area contributed by atoms with E-state index in [9.17, 15) is 0 Å². The first-order valence-electron chi connectivity index (χ1n) is 7.59. The molecule has 2 atom stereocenters. The summed E-state index contributed by atoms with van der Waals surface area (Å²) in [5, 5.41) is 7.86. The standard InChI is InChI=1S/C17H23N3O/c1-4-21-16-12-15(17(16,2)3)19-13-6-8-14(9-7-13)20-11-5-10-18-20/h5-11,15-16,19H,4,12H2,1-3H3. The van der Waals surface area contributed by atoms with E-state index < -0.39 is 0 Å². The SMILES string of the molecule is CCOC1CC(Nc2ccc(-n3cccn3)cc2)C1(C)C. The van der Waals surface area contributed by atoms with Gasteiger partial charge in [-0.3, -0.25) is 0 Å². The molecule has 3 rings (SSSR count). The highest BCUT2D eigenvalue weighted by atomic mass is 16.5. The molecule has 112 valence electrons. The minimum absolute atomic E-state index is 0.177. The quantitative estimate of drug-likeness (QED) is 0.914. The van der Waals surface area contributed by atoms with Crippen molar-refractivity contribution in [2.75, 3.05) is 11.9 Å². The molecule has 1 saturated carbocycles. The number of anilines is 1. The molecule has 0 bridgehead atoms. The van der Waals surface area contributed by atoms with Gasteiger partial charge in [-0.05, 0) is 43.7 Å². The van der Waals surface area contributed by atoms with Crippen molar-refractivity contribution >= 4 is 5.69 Å². The van der Waals surface area contributed by atoms with Crippen molar-refractivity contribution in [3.63, 3.8) is 0 Å². The van der Waals surface area contributed by atoms with Crippen molar-refractivity contribution in [3.05, 3.63) is 42.7 Å². The Kier molecular flexibility index (Phi) is 3.72. The highest BCUT2D eigenvalue weighted by Crippen LogP contribution is 2.44. The third-order valence-corrected chi connectivity index (χ3v) is 4.52. The van der Waals surface area contributed by atoms with Crippen molar-refractivity contribution in [1.29, 1.82) is 0 Å². The van der Waals surface area contributed by atoms with Crippen LogP contribution in [0.1, 0.15) is 27.2 Å². The summed E-state index contributed by atoms with van der Waals surface area (Å²) < 4.78 is 7.64. The lowest BCUT2D eigenvalue weighted by atomic mass is 9.64. The molecule has 21 heavy (non-hydrogen) atoms. The van der Waals surface area contributed by atoms with E-state index in [1.54, 1.807) is 6.20 Å². The molecule has 1 fully saturated rings. The highest BCUT2D eigenvalue weighted by molar-refractivity contribution is 5.50. The smallest absolute Gasteiger partial charge is 0.0665 e. The van der Waals surface area contributed by atoms with Gasteiger partial charge in [-0.15, -0.1) is 0 Å². The van der Waals surface area contributed by atoms with Crippen molar-refractivity contribution < 1.29 is 4.74 Å². The summed E-state index contributed by atoms with van der Waals surface area (Å²) in [5.41, 5.74) is 2.40. The van der Waals surface area contributed by atoms with E-state index in [1.165, 1.54) is 0 Å². The second-order valence-electron chi connectivity index (χ2n) is 6.20. The van der Waals surface area contributed by atoms with Crippen LogP contribution in [0.3, 0.4) is 0 Å². The average Bonchev–Trinajstić information content (AvgIpc) is 3.01. The first-order chi connectivity index (χ1) is 10.1. The summed E-state index contributed by atoms with van der Waals surface area (Å²) in [6.07, 6.45) is 5.17. The van der Waals surface area contributed by atoms with Gasteiger partial charge in [0.2, 0.25) is 0 Å². The molecule has 1 N–H and O–H groups in total. The molecule has 1 aliphatic rings. The van der Waals surface area contributed by atoms with Gasteiger partial charge in [0.25, 0.3) is 0 Å². The van der Waals surface area contributed by atoms with E-state index in [4.69, 9.17) is 4.74 Å². The van der Waals surface area contributed by atoms with E-state index in [0.717, 1.165) is 24.4 Å². The van der Waals surface area contributed by atoms with Crippen LogP contribution in [0.5, 0.6) is 0 Å². The molecular weight excluding hydrogens is 262 g/mol. The van der Waals surface area contributed by atoms with Gasteiger partial charge in [0.15, 0.2) is 0 Å². The van der Waals surface area contributed by atoms with E-state index >= 15 is 0 Å². The first-order valence-corrected chi connectivity index (χ1v) is 7.59. The monoisotopic (exact) mass is 285 g/mol. The summed E-state index contributed by atoms with van der Waals surface area (Å²) in [6, 6.07) is 10.8. The number of benzene rings is 1. The molecule has 0 amide bonds. The average molecular weight is 285 g/mol. The zero-order valence-corrected chi connectivity index (χ0v) is 12.9. The number of nitrogens with one attached hydrogen (secondary N) is 1. The lowest BCUT2D eigenvalue weighted by Gasteiger charge is -2.52. The molecule has 0 spiro atoms. The molecule has 4 heteroatoms. The van der Waals surface area contributed by atoms with Crippen LogP contribution in [0.15, 0.2) is 42.7 Å². The molecule has 0 radical (unpaired) electrons.